The van der Waals surface area contributed by atoms with Crippen LogP contribution in [0.15, 0.2) is 53.2 Å². The molecule has 0 amide bonds. The van der Waals surface area contributed by atoms with Gasteiger partial charge >= 0.3 is 0 Å². The third kappa shape index (κ3) is 2.95. The van der Waals surface area contributed by atoms with E-state index in [1.165, 1.54) is 18.2 Å². The van der Waals surface area contributed by atoms with E-state index < -0.39 is 0 Å². The van der Waals surface area contributed by atoms with Gasteiger partial charge in [-0.2, -0.15) is 0 Å². The van der Waals surface area contributed by atoms with E-state index in [1.807, 2.05) is 12.1 Å². The standard InChI is InChI=1S/C18H15FN2O3/c19-14-4-1-11(2-5-14)13-7-15(8-13)23-18-6-3-12(10-20-18)16-9-17(22)21-24-16/h1-6,9-10,13,15H,7-8H2,(H,21,22). The SMILES string of the molecule is Oc1cc(-c2ccc(OC3CC(c4ccc(F)cc4)C3)nc2)on1. The van der Waals surface area contributed by atoms with Crippen molar-refractivity contribution in [1.29, 1.82) is 0 Å². The average molecular weight is 326 g/mol. The molecule has 2 heterocycles. The largest absolute Gasteiger partial charge is 0.491 e. The number of nitrogens with zero attached hydrogens (tertiary/aromatic N) is 2. The Labute approximate surface area is 137 Å². The fourth-order valence-electron chi connectivity index (χ4n) is 2.84. The minimum absolute atomic E-state index is 0.118. The van der Waals surface area contributed by atoms with E-state index in [0.717, 1.165) is 18.4 Å². The molecule has 0 spiro atoms. The molecule has 2 aromatic heterocycles. The lowest BCUT2D eigenvalue weighted by atomic mass is 9.77. The molecule has 1 N–H and O–H groups in total. The van der Waals surface area contributed by atoms with Gasteiger partial charge in [0.1, 0.15) is 11.9 Å². The molecule has 1 aromatic carbocycles. The summed E-state index contributed by atoms with van der Waals surface area (Å²) in [5, 5.41) is 12.6. The Morgan fingerprint density at radius 1 is 1.12 bits per heavy atom. The molecule has 6 heteroatoms. The van der Waals surface area contributed by atoms with E-state index in [2.05, 4.69) is 10.1 Å². The predicted molar refractivity (Wildman–Crippen MR) is 84.2 cm³/mol. The van der Waals surface area contributed by atoms with Gasteiger partial charge in [-0.25, -0.2) is 9.37 Å². The average Bonchev–Trinajstić information content (AvgIpc) is 2.99. The molecule has 4 rings (SSSR count). The summed E-state index contributed by atoms with van der Waals surface area (Å²) >= 11 is 0. The fraction of sp³-hybridized carbons (Fsp3) is 0.222. The van der Waals surface area contributed by atoms with Crippen LogP contribution in [0.4, 0.5) is 4.39 Å². The number of ether oxygens (including phenoxy) is 1. The van der Waals surface area contributed by atoms with Crippen LogP contribution >= 0.6 is 0 Å². The summed E-state index contributed by atoms with van der Waals surface area (Å²) in [6, 6.07) is 11.6. The molecule has 3 aromatic rings. The lowest BCUT2D eigenvalue weighted by molar-refractivity contribution is 0.0936. The van der Waals surface area contributed by atoms with Crippen LogP contribution in [0.5, 0.6) is 11.8 Å². The van der Waals surface area contributed by atoms with Gasteiger partial charge in [0.2, 0.25) is 5.88 Å². The first kappa shape index (κ1) is 14.7. The summed E-state index contributed by atoms with van der Waals surface area (Å²) in [6.07, 6.45) is 3.52. The van der Waals surface area contributed by atoms with Crippen molar-refractivity contribution < 1.29 is 18.8 Å². The number of aromatic hydroxyl groups is 1. The summed E-state index contributed by atoms with van der Waals surface area (Å²) in [6.45, 7) is 0. The van der Waals surface area contributed by atoms with Crippen LogP contribution < -0.4 is 4.74 Å². The summed E-state index contributed by atoms with van der Waals surface area (Å²) in [7, 11) is 0. The Morgan fingerprint density at radius 2 is 1.92 bits per heavy atom. The van der Waals surface area contributed by atoms with Gasteiger partial charge in [-0.15, -0.1) is 0 Å². The Bertz CT molecular complexity index is 824. The van der Waals surface area contributed by atoms with E-state index in [-0.39, 0.29) is 17.8 Å². The van der Waals surface area contributed by atoms with Crippen molar-refractivity contribution >= 4 is 0 Å². The lowest BCUT2D eigenvalue weighted by Crippen LogP contribution is -2.32. The van der Waals surface area contributed by atoms with Gasteiger partial charge in [-0.3, -0.25) is 0 Å². The van der Waals surface area contributed by atoms with Crippen LogP contribution in [0, 0.1) is 5.82 Å². The molecular weight excluding hydrogens is 311 g/mol. The van der Waals surface area contributed by atoms with Gasteiger partial charge in [0.05, 0.1) is 0 Å². The topological polar surface area (TPSA) is 68.4 Å². The Hall–Kier alpha value is -2.89. The minimum Gasteiger partial charge on any atom is -0.491 e. The zero-order chi connectivity index (χ0) is 16.5. The number of rotatable bonds is 4. The number of hydrogen-bond donors (Lipinski definition) is 1. The molecule has 24 heavy (non-hydrogen) atoms. The normalized spacial score (nSPS) is 19.7. The van der Waals surface area contributed by atoms with Gasteiger partial charge in [-0.05, 0) is 47.7 Å². The highest BCUT2D eigenvalue weighted by Crippen LogP contribution is 2.39. The van der Waals surface area contributed by atoms with Gasteiger partial charge in [0.15, 0.2) is 5.76 Å². The van der Waals surface area contributed by atoms with E-state index in [4.69, 9.17) is 9.26 Å². The van der Waals surface area contributed by atoms with Crippen molar-refractivity contribution in [2.75, 3.05) is 0 Å². The quantitative estimate of drug-likeness (QED) is 0.787. The summed E-state index contributed by atoms with van der Waals surface area (Å²) in [5.41, 5.74) is 1.86. The smallest absolute Gasteiger partial charge is 0.252 e. The molecule has 1 aliphatic carbocycles. The molecule has 122 valence electrons. The third-order valence-electron chi connectivity index (χ3n) is 4.24. The van der Waals surface area contributed by atoms with Gasteiger partial charge in [0, 0.05) is 23.9 Å². The van der Waals surface area contributed by atoms with Gasteiger partial charge < -0.3 is 14.4 Å². The van der Waals surface area contributed by atoms with E-state index in [0.29, 0.717) is 23.1 Å². The zero-order valence-electron chi connectivity index (χ0n) is 12.7. The number of pyridine rings is 1. The fourth-order valence-corrected chi connectivity index (χ4v) is 2.84. The predicted octanol–water partition coefficient (Wildman–Crippen LogP) is 3.91. The zero-order valence-corrected chi connectivity index (χ0v) is 12.7. The molecule has 1 saturated carbocycles. The van der Waals surface area contributed by atoms with Crippen molar-refractivity contribution in [3.8, 4) is 23.1 Å². The van der Waals surface area contributed by atoms with Crippen LogP contribution in [0.3, 0.4) is 0 Å². The van der Waals surface area contributed by atoms with Gasteiger partial charge in [-0.1, -0.05) is 12.1 Å². The monoisotopic (exact) mass is 326 g/mol. The second-order valence-corrected chi connectivity index (χ2v) is 5.89. The second-order valence-electron chi connectivity index (χ2n) is 5.89. The Kier molecular flexibility index (Phi) is 3.65. The van der Waals surface area contributed by atoms with Gasteiger partial charge in [0.25, 0.3) is 5.88 Å². The maximum atomic E-state index is 12.9. The first-order valence-corrected chi connectivity index (χ1v) is 7.71. The highest BCUT2D eigenvalue weighted by atomic mass is 19.1. The van der Waals surface area contributed by atoms with Crippen LogP contribution in [-0.2, 0) is 0 Å². The molecule has 0 saturated heterocycles. The highest BCUT2D eigenvalue weighted by Gasteiger charge is 2.32. The Balaban J connectivity index is 1.34. The lowest BCUT2D eigenvalue weighted by Gasteiger charge is -2.35. The molecule has 0 atom stereocenters. The first-order valence-electron chi connectivity index (χ1n) is 7.71. The van der Waals surface area contributed by atoms with Crippen molar-refractivity contribution in [3.05, 3.63) is 60.0 Å². The van der Waals surface area contributed by atoms with E-state index in [1.54, 1.807) is 18.3 Å². The third-order valence-corrected chi connectivity index (χ3v) is 4.24. The molecular formula is C18H15FN2O3. The molecule has 1 aliphatic rings. The number of hydrogen-bond acceptors (Lipinski definition) is 5. The highest BCUT2D eigenvalue weighted by molar-refractivity contribution is 5.57. The molecule has 1 fully saturated rings. The maximum absolute atomic E-state index is 12.9. The summed E-state index contributed by atoms with van der Waals surface area (Å²) in [4.78, 5) is 4.25. The van der Waals surface area contributed by atoms with Crippen molar-refractivity contribution in [2.45, 2.75) is 24.9 Å². The minimum atomic E-state index is -0.213. The second kappa shape index (κ2) is 5.96. The molecule has 0 bridgehead atoms. The summed E-state index contributed by atoms with van der Waals surface area (Å²) in [5.74, 6) is 1.03. The van der Waals surface area contributed by atoms with Crippen LogP contribution in [0.2, 0.25) is 0 Å². The summed E-state index contributed by atoms with van der Waals surface area (Å²) < 4.78 is 23.7. The Morgan fingerprint density at radius 3 is 2.54 bits per heavy atom. The van der Waals surface area contributed by atoms with Crippen LogP contribution in [-0.4, -0.2) is 21.4 Å². The van der Waals surface area contributed by atoms with Crippen molar-refractivity contribution in [1.82, 2.24) is 10.1 Å². The van der Waals surface area contributed by atoms with Crippen molar-refractivity contribution in [3.63, 3.8) is 0 Å². The molecule has 0 unspecified atom stereocenters. The van der Waals surface area contributed by atoms with E-state index in [9.17, 15) is 9.50 Å². The van der Waals surface area contributed by atoms with E-state index >= 15 is 0 Å². The van der Waals surface area contributed by atoms with Crippen molar-refractivity contribution in [2.24, 2.45) is 0 Å². The molecule has 5 nitrogen and oxygen atoms in total. The first-order chi connectivity index (χ1) is 11.7. The van der Waals surface area contributed by atoms with Crippen LogP contribution in [0.25, 0.3) is 11.3 Å². The maximum Gasteiger partial charge on any atom is 0.252 e. The van der Waals surface area contributed by atoms with Crippen LogP contribution in [0.1, 0.15) is 24.3 Å². The number of aromatic nitrogens is 2. The number of benzene rings is 1. The molecule has 0 radical (unpaired) electrons. The number of halogens is 1. The molecule has 0 aliphatic heterocycles.